The van der Waals surface area contributed by atoms with Crippen LogP contribution in [0, 0.1) is 5.82 Å². The fourth-order valence-corrected chi connectivity index (χ4v) is 3.90. The van der Waals surface area contributed by atoms with E-state index in [2.05, 4.69) is 10.2 Å². The lowest BCUT2D eigenvalue weighted by atomic mass is 10.1. The van der Waals surface area contributed by atoms with E-state index in [1.807, 2.05) is 30.3 Å². The van der Waals surface area contributed by atoms with Crippen molar-refractivity contribution in [3.05, 3.63) is 66.0 Å². The molecule has 28 heavy (non-hydrogen) atoms. The molecule has 1 fully saturated rings. The summed E-state index contributed by atoms with van der Waals surface area (Å²) in [6.45, 7) is 2.14. The Morgan fingerprint density at radius 3 is 2.50 bits per heavy atom. The van der Waals surface area contributed by atoms with Gasteiger partial charge in [0, 0.05) is 13.1 Å². The molecule has 0 bridgehead atoms. The van der Waals surface area contributed by atoms with Gasteiger partial charge in [-0.05, 0) is 29.5 Å². The molecule has 1 atom stereocenters. The van der Waals surface area contributed by atoms with Gasteiger partial charge in [-0.25, -0.2) is 4.39 Å². The standard InChI is InChI=1S/C20H18FN3O3S/c21-16-9-5-4-8-15(16)18-22-23-20(27-18)28-17(14-6-2-1-3-7-14)19(25)24-10-12-26-13-11-24/h1-9,17H,10-13H2. The van der Waals surface area contributed by atoms with E-state index in [1.54, 1.807) is 23.1 Å². The summed E-state index contributed by atoms with van der Waals surface area (Å²) in [5.41, 5.74) is 1.08. The number of nitrogens with zero attached hydrogens (tertiary/aromatic N) is 3. The first-order valence-corrected chi connectivity index (χ1v) is 9.77. The predicted octanol–water partition coefficient (Wildman–Crippen LogP) is 3.57. The van der Waals surface area contributed by atoms with Gasteiger partial charge in [0.2, 0.25) is 5.91 Å². The highest BCUT2D eigenvalue weighted by Gasteiger charge is 2.30. The first kappa shape index (κ1) is 18.6. The number of hydrogen-bond acceptors (Lipinski definition) is 6. The maximum Gasteiger partial charge on any atom is 0.277 e. The molecular formula is C20H18FN3O3S. The quantitative estimate of drug-likeness (QED) is 0.611. The monoisotopic (exact) mass is 399 g/mol. The molecule has 1 aliphatic heterocycles. The zero-order valence-corrected chi connectivity index (χ0v) is 15.8. The van der Waals surface area contributed by atoms with Gasteiger partial charge < -0.3 is 14.1 Å². The number of morpholine rings is 1. The van der Waals surface area contributed by atoms with Crippen LogP contribution in [0.1, 0.15) is 10.8 Å². The Morgan fingerprint density at radius 1 is 1.04 bits per heavy atom. The van der Waals surface area contributed by atoms with Crippen LogP contribution >= 0.6 is 11.8 Å². The third kappa shape index (κ3) is 4.07. The number of aromatic nitrogens is 2. The summed E-state index contributed by atoms with van der Waals surface area (Å²) >= 11 is 1.17. The highest BCUT2D eigenvalue weighted by Crippen LogP contribution is 2.37. The summed E-state index contributed by atoms with van der Waals surface area (Å²) < 4.78 is 25.0. The van der Waals surface area contributed by atoms with Crippen LogP contribution in [0.5, 0.6) is 0 Å². The number of thioether (sulfide) groups is 1. The number of hydrogen-bond donors (Lipinski definition) is 0. The molecule has 2 aromatic carbocycles. The number of carbonyl (C=O) groups excluding carboxylic acids is 1. The molecule has 1 amide bonds. The van der Waals surface area contributed by atoms with Crippen molar-refractivity contribution in [2.24, 2.45) is 0 Å². The van der Waals surface area contributed by atoms with Crippen LogP contribution in [0.15, 0.2) is 64.2 Å². The van der Waals surface area contributed by atoms with Gasteiger partial charge in [-0.2, -0.15) is 0 Å². The van der Waals surface area contributed by atoms with Gasteiger partial charge in [-0.1, -0.05) is 42.5 Å². The normalized spacial score (nSPS) is 15.4. The fourth-order valence-electron chi connectivity index (χ4n) is 2.94. The van der Waals surface area contributed by atoms with E-state index >= 15 is 0 Å². The minimum absolute atomic E-state index is 0.0369. The highest BCUT2D eigenvalue weighted by molar-refractivity contribution is 8.00. The molecule has 0 N–H and O–H groups in total. The lowest BCUT2D eigenvalue weighted by Gasteiger charge is -2.29. The summed E-state index contributed by atoms with van der Waals surface area (Å²) in [4.78, 5) is 14.9. The fraction of sp³-hybridized carbons (Fsp3) is 0.250. The van der Waals surface area contributed by atoms with Gasteiger partial charge in [-0.3, -0.25) is 4.79 Å². The molecule has 0 radical (unpaired) electrons. The molecule has 144 valence electrons. The van der Waals surface area contributed by atoms with Gasteiger partial charge in [0.25, 0.3) is 11.1 Å². The smallest absolute Gasteiger partial charge is 0.277 e. The van der Waals surface area contributed by atoms with Crippen LogP contribution in [0.4, 0.5) is 4.39 Å². The van der Waals surface area contributed by atoms with Crippen LogP contribution < -0.4 is 0 Å². The molecule has 0 saturated carbocycles. The summed E-state index contributed by atoms with van der Waals surface area (Å²) in [7, 11) is 0. The molecule has 1 unspecified atom stereocenters. The predicted molar refractivity (Wildman–Crippen MR) is 102 cm³/mol. The second-order valence-electron chi connectivity index (χ2n) is 6.20. The van der Waals surface area contributed by atoms with Gasteiger partial charge in [0.1, 0.15) is 11.1 Å². The Morgan fingerprint density at radius 2 is 1.75 bits per heavy atom. The van der Waals surface area contributed by atoms with E-state index in [0.29, 0.717) is 26.3 Å². The summed E-state index contributed by atoms with van der Waals surface area (Å²) in [5, 5.41) is 7.64. The van der Waals surface area contributed by atoms with E-state index in [-0.39, 0.29) is 22.6 Å². The van der Waals surface area contributed by atoms with Crippen molar-refractivity contribution in [1.82, 2.24) is 15.1 Å². The van der Waals surface area contributed by atoms with Crippen molar-refractivity contribution in [1.29, 1.82) is 0 Å². The van der Waals surface area contributed by atoms with Crippen molar-refractivity contribution >= 4 is 17.7 Å². The van der Waals surface area contributed by atoms with E-state index in [1.165, 1.54) is 17.8 Å². The molecule has 4 rings (SSSR count). The van der Waals surface area contributed by atoms with Crippen LogP contribution in [0.3, 0.4) is 0 Å². The minimum atomic E-state index is -0.534. The largest absolute Gasteiger partial charge is 0.411 e. The summed E-state index contributed by atoms with van der Waals surface area (Å²) in [5.74, 6) is -0.386. The summed E-state index contributed by atoms with van der Waals surface area (Å²) in [6, 6.07) is 15.7. The molecule has 3 aromatic rings. The van der Waals surface area contributed by atoms with E-state index < -0.39 is 11.1 Å². The molecule has 8 heteroatoms. The van der Waals surface area contributed by atoms with Gasteiger partial charge in [-0.15, -0.1) is 10.2 Å². The summed E-state index contributed by atoms with van der Waals surface area (Å²) in [6.07, 6.45) is 0. The molecule has 1 saturated heterocycles. The molecular weight excluding hydrogens is 381 g/mol. The van der Waals surface area contributed by atoms with Crippen molar-refractivity contribution < 1.29 is 18.3 Å². The zero-order chi connectivity index (χ0) is 19.3. The van der Waals surface area contributed by atoms with E-state index in [9.17, 15) is 9.18 Å². The Hall–Kier alpha value is -2.71. The minimum Gasteiger partial charge on any atom is -0.411 e. The van der Waals surface area contributed by atoms with Crippen LogP contribution in [0.25, 0.3) is 11.5 Å². The van der Waals surface area contributed by atoms with Crippen molar-refractivity contribution in [2.75, 3.05) is 26.3 Å². The van der Waals surface area contributed by atoms with Crippen molar-refractivity contribution in [3.8, 4) is 11.5 Å². The Balaban J connectivity index is 1.59. The highest BCUT2D eigenvalue weighted by atomic mass is 32.2. The average molecular weight is 399 g/mol. The molecule has 0 aliphatic carbocycles. The molecule has 1 aromatic heterocycles. The number of amides is 1. The molecule has 0 spiro atoms. The van der Waals surface area contributed by atoms with Gasteiger partial charge in [0.05, 0.1) is 18.8 Å². The van der Waals surface area contributed by atoms with E-state index in [0.717, 1.165) is 5.56 Å². The second-order valence-corrected chi connectivity index (χ2v) is 7.26. The first-order valence-electron chi connectivity index (χ1n) is 8.89. The number of rotatable bonds is 5. The van der Waals surface area contributed by atoms with E-state index in [4.69, 9.17) is 9.15 Å². The lowest BCUT2D eigenvalue weighted by molar-refractivity contribution is -0.134. The second kappa shape index (κ2) is 8.53. The van der Waals surface area contributed by atoms with Crippen molar-refractivity contribution in [2.45, 2.75) is 10.5 Å². The Bertz CT molecular complexity index is 945. The third-order valence-electron chi connectivity index (χ3n) is 4.38. The third-order valence-corrected chi connectivity index (χ3v) is 5.45. The van der Waals surface area contributed by atoms with Crippen molar-refractivity contribution in [3.63, 3.8) is 0 Å². The molecule has 2 heterocycles. The molecule has 1 aliphatic rings. The van der Waals surface area contributed by atoms with Gasteiger partial charge in [0.15, 0.2) is 0 Å². The Kier molecular flexibility index (Phi) is 5.68. The van der Waals surface area contributed by atoms with Crippen LogP contribution in [-0.2, 0) is 9.53 Å². The number of ether oxygens (including phenoxy) is 1. The molecule has 6 nitrogen and oxygen atoms in total. The lowest BCUT2D eigenvalue weighted by Crippen LogP contribution is -2.42. The zero-order valence-electron chi connectivity index (χ0n) is 15.0. The maximum absolute atomic E-state index is 14.0. The topological polar surface area (TPSA) is 68.5 Å². The Labute approximate surface area is 165 Å². The first-order chi connectivity index (χ1) is 13.7. The van der Waals surface area contributed by atoms with Crippen LogP contribution in [-0.4, -0.2) is 47.3 Å². The van der Waals surface area contributed by atoms with Gasteiger partial charge >= 0.3 is 0 Å². The number of carbonyl (C=O) groups is 1. The number of benzene rings is 2. The average Bonchev–Trinajstić information content (AvgIpc) is 3.21. The van der Waals surface area contributed by atoms with Crippen LogP contribution in [0.2, 0.25) is 0 Å². The number of halogens is 1. The SMILES string of the molecule is O=C(C(Sc1nnc(-c2ccccc2F)o1)c1ccccc1)N1CCOCC1. The maximum atomic E-state index is 14.0.